The Morgan fingerprint density at radius 3 is 2.90 bits per heavy atom. The molecule has 1 aliphatic heterocycles. The Hall–Kier alpha value is -1.55. The Balaban J connectivity index is 1.99. The highest BCUT2D eigenvalue weighted by molar-refractivity contribution is 5.94. The molecule has 1 aromatic carbocycles. The molecule has 1 aromatic rings. The summed E-state index contributed by atoms with van der Waals surface area (Å²) in [6.07, 6.45) is 1.78. The van der Waals surface area contributed by atoms with E-state index in [4.69, 9.17) is 4.74 Å². The normalized spacial score (nSPS) is 22.1. The van der Waals surface area contributed by atoms with Gasteiger partial charge in [-0.1, -0.05) is 26.0 Å². The van der Waals surface area contributed by atoms with E-state index in [-0.39, 0.29) is 11.8 Å². The summed E-state index contributed by atoms with van der Waals surface area (Å²) in [6, 6.07) is 8.06. The van der Waals surface area contributed by atoms with Gasteiger partial charge in [-0.15, -0.1) is 0 Å². The number of hydrogen-bond donors (Lipinski definition) is 2. The molecule has 4 heteroatoms. The summed E-state index contributed by atoms with van der Waals surface area (Å²) in [4.78, 5) is 12.4. The van der Waals surface area contributed by atoms with E-state index in [1.54, 1.807) is 0 Å². The average Bonchev–Trinajstić information content (AvgIpc) is 2.46. The second kappa shape index (κ2) is 7.46. The fourth-order valence-electron chi connectivity index (χ4n) is 2.56. The van der Waals surface area contributed by atoms with E-state index in [9.17, 15) is 4.79 Å². The number of rotatable bonds is 5. The third-order valence-corrected chi connectivity index (χ3v) is 3.71. The first-order valence-corrected chi connectivity index (χ1v) is 7.82. The van der Waals surface area contributed by atoms with Crippen molar-refractivity contribution >= 4 is 11.6 Å². The number of nitrogens with one attached hydrogen (secondary N) is 2. The molecule has 1 aliphatic rings. The summed E-state index contributed by atoms with van der Waals surface area (Å²) in [7, 11) is 0. The molecule has 1 heterocycles. The maximum Gasteiger partial charge on any atom is 0.227 e. The molecule has 2 atom stereocenters. The molecular formula is C17H26N2O2. The highest BCUT2D eigenvalue weighted by Crippen LogP contribution is 2.26. The molecule has 0 saturated carbocycles. The van der Waals surface area contributed by atoms with Crippen LogP contribution in [0.2, 0.25) is 0 Å². The maximum atomic E-state index is 12.4. The summed E-state index contributed by atoms with van der Waals surface area (Å²) in [5.41, 5.74) is 0.773. The minimum atomic E-state index is 0.0828. The molecule has 0 bridgehead atoms. The smallest absolute Gasteiger partial charge is 0.227 e. The van der Waals surface area contributed by atoms with Crippen LogP contribution < -0.4 is 15.4 Å². The zero-order valence-electron chi connectivity index (χ0n) is 13.2. The van der Waals surface area contributed by atoms with Crippen molar-refractivity contribution in [2.24, 2.45) is 11.8 Å². The molecule has 1 fully saturated rings. The molecule has 0 aliphatic carbocycles. The van der Waals surface area contributed by atoms with E-state index in [1.807, 2.05) is 24.3 Å². The second-order valence-corrected chi connectivity index (χ2v) is 6.27. The molecule has 2 rings (SSSR count). The predicted molar refractivity (Wildman–Crippen MR) is 85.6 cm³/mol. The Bertz CT molecular complexity index is 474. The van der Waals surface area contributed by atoms with Crippen molar-refractivity contribution < 1.29 is 9.53 Å². The zero-order chi connectivity index (χ0) is 15.2. The lowest BCUT2D eigenvalue weighted by molar-refractivity contribution is -0.120. The summed E-state index contributed by atoms with van der Waals surface area (Å²) in [6.45, 7) is 7.90. The summed E-state index contributed by atoms with van der Waals surface area (Å²) >= 11 is 0. The molecule has 116 valence electrons. The first-order chi connectivity index (χ1) is 10.1. The minimum absolute atomic E-state index is 0.0828. The number of ether oxygens (including phenoxy) is 1. The van der Waals surface area contributed by atoms with Gasteiger partial charge < -0.3 is 15.4 Å². The fourth-order valence-corrected chi connectivity index (χ4v) is 2.56. The van der Waals surface area contributed by atoms with Crippen molar-refractivity contribution in [1.82, 2.24) is 5.32 Å². The second-order valence-electron chi connectivity index (χ2n) is 6.27. The molecule has 2 N–H and O–H groups in total. The van der Waals surface area contributed by atoms with Gasteiger partial charge in [0.05, 0.1) is 12.3 Å². The summed E-state index contributed by atoms with van der Waals surface area (Å²) < 4.78 is 5.78. The van der Waals surface area contributed by atoms with Crippen molar-refractivity contribution in [2.45, 2.75) is 39.7 Å². The average molecular weight is 290 g/mol. The van der Waals surface area contributed by atoms with E-state index in [1.165, 1.54) is 0 Å². The van der Waals surface area contributed by atoms with Gasteiger partial charge in [-0.2, -0.15) is 0 Å². The van der Waals surface area contributed by atoms with Crippen LogP contribution in [0.4, 0.5) is 5.69 Å². The van der Waals surface area contributed by atoms with Crippen LogP contribution in [0.5, 0.6) is 5.75 Å². The van der Waals surface area contributed by atoms with E-state index >= 15 is 0 Å². The number of piperidine rings is 1. The monoisotopic (exact) mass is 290 g/mol. The van der Waals surface area contributed by atoms with E-state index < -0.39 is 0 Å². The Morgan fingerprint density at radius 2 is 2.19 bits per heavy atom. The van der Waals surface area contributed by atoms with E-state index in [0.717, 1.165) is 30.8 Å². The lowest BCUT2D eigenvalue weighted by atomic mass is 9.92. The molecule has 1 saturated heterocycles. The molecule has 0 unspecified atom stereocenters. The first-order valence-electron chi connectivity index (χ1n) is 7.82. The summed E-state index contributed by atoms with van der Waals surface area (Å²) in [5, 5.41) is 6.40. The molecule has 0 spiro atoms. The number of para-hydroxylation sites is 2. The zero-order valence-corrected chi connectivity index (χ0v) is 13.2. The molecule has 4 nitrogen and oxygen atoms in total. The van der Waals surface area contributed by atoms with Crippen molar-refractivity contribution in [1.29, 1.82) is 0 Å². The largest absolute Gasteiger partial charge is 0.491 e. The first kappa shape index (κ1) is 15.8. The number of benzene rings is 1. The number of hydrogen-bond acceptors (Lipinski definition) is 3. The van der Waals surface area contributed by atoms with Crippen molar-refractivity contribution in [3.8, 4) is 5.75 Å². The van der Waals surface area contributed by atoms with Crippen LogP contribution in [0.25, 0.3) is 0 Å². The van der Waals surface area contributed by atoms with Crippen molar-refractivity contribution in [2.75, 3.05) is 18.5 Å². The number of carbonyl (C=O) groups is 1. The van der Waals surface area contributed by atoms with Crippen molar-refractivity contribution in [3.63, 3.8) is 0 Å². The molecule has 1 amide bonds. The van der Waals surface area contributed by atoms with Crippen LogP contribution in [-0.2, 0) is 4.79 Å². The molecule has 0 radical (unpaired) electrons. The van der Waals surface area contributed by atoms with Gasteiger partial charge in [0.15, 0.2) is 0 Å². The van der Waals surface area contributed by atoms with Crippen LogP contribution in [0, 0.1) is 11.8 Å². The lowest BCUT2D eigenvalue weighted by Crippen LogP contribution is -2.40. The highest BCUT2D eigenvalue weighted by atomic mass is 16.5. The van der Waals surface area contributed by atoms with Crippen LogP contribution in [0.1, 0.15) is 33.6 Å². The Morgan fingerprint density at radius 1 is 1.43 bits per heavy atom. The third kappa shape index (κ3) is 4.74. The van der Waals surface area contributed by atoms with Gasteiger partial charge in [0.25, 0.3) is 0 Å². The number of amides is 1. The van der Waals surface area contributed by atoms with Gasteiger partial charge in [-0.25, -0.2) is 0 Å². The third-order valence-electron chi connectivity index (χ3n) is 3.71. The number of anilines is 1. The van der Waals surface area contributed by atoms with E-state index in [0.29, 0.717) is 18.6 Å². The highest BCUT2D eigenvalue weighted by Gasteiger charge is 2.25. The van der Waals surface area contributed by atoms with Gasteiger partial charge in [0, 0.05) is 12.0 Å². The van der Waals surface area contributed by atoms with Gasteiger partial charge in [-0.3, -0.25) is 4.79 Å². The van der Waals surface area contributed by atoms with E-state index in [2.05, 4.69) is 31.4 Å². The molecule has 21 heavy (non-hydrogen) atoms. The minimum Gasteiger partial charge on any atom is -0.491 e. The van der Waals surface area contributed by atoms with Crippen LogP contribution in [0.15, 0.2) is 24.3 Å². The summed E-state index contributed by atoms with van der Waals surface area (Å²) in [5.74, 6) is 1.39. The molecule has 0 aromatic heterocycles. The molecular weight excluding hydrogens is 264 g/mol. The lowest BCUT2D eigenvalue weighted by Gasteiger charge is -2.27. The predicted octanol–water partition coefficient (Wildman–Crippen LogP) is 3.05. The number of carbonyl (C=O) groups excluding carboxylic acids is 1. The van der Waals surface area contributed by atoms with Gasteiger partial charge in [0.2, 0.25) is 5.91 Å². The quantitative estimate of drug-likeness (QED) is 0.876. The standard InChI is InChI=1S/C17H26N2O2/c1-12(2)11-21-16-7-5-4-6-15(16)19-17(20)14-8-9-18-13(3)10-14/h4-7,12-14,18H,8-11H2,1-3H3,(H,19,20)/t13-,14-/m0/s1. The van der Waals surface area contributed by atoms with Gasteiger partial charge >= 0.3 is 0 Å². The maximum absolute atomic E-state index is 12.4. The van der Waals surface area contributed by atoms with Gasteiger partial charge in [-0.05, 0) is 44.4 Å². The van der Waals surface area contributed by atoms with Crippen LogP contribution >= 0.6 is 0 Å². The topological polar surface area (TPSA) is 50.4 Å². The Kier molecular flexibility index (Phi) is 5.62. The van der Waals surface area contributed by atoms with Crippen molar-refractivity contribution in [3.05, 3.63) is 24.3 Å². The van der Waals surface area contributed by atoms with Gasteiger partial charge in [0.1, 0.15) is 5.75 Å². The Labute approximate surface area is 127 Å². The van der Waals surface area contributed by atoms with Crippen LogP contribution in [0.3, 0.4) is 0 Å². The fraction of sp³-hybridized carbons (Fsp3) is 0.588. The van der Waals surface area contributed by atoms with Crippen LogP contribution in [-0.4, -0.2) is 25.1 Å². The SMILES string of the molecule is CC(C)COc1ccccc1NC(=O)[C@H]1CCN[C@@H](C)C1.